The Balaban J connectivity index is 2.12. The molecule has 1 aromatic rings. The van der Waals surface area contributed by atoms with Crippen LogP contribution in [-0.2, 0) is 4.79 Å². The fourth-order valence-electron chi connectivity index (χ4n) is 2.05. The number of carbonyl (C=O) groups is 2. The van der Waals surface area contributed by atoms with Crippen LogP contribution in [0.1, 0.15) is 38.1 Å². The van der Waals surface area contributed by atoms with Crippen LogP contribution in [0, 0.1) is 5.41 Å². The Bertz CT molecular complexity index is 597. The predicted octanol–water partition coefficient (Wildman–Crippen LogP) is 1.91. The van der Waals surface area contributed by atoms with Crippen LogP contribution in [0.15, 0.2) is 10.3 Å². The van der Waals surface area contributed by atoms with E-state index >= 15 is 0 Å². The van der Waals surface area contributed by atoms with Gasteiger partial charge in [0.15, 0.2) is 0 Å². The summed E-state index contributed by atoms with van der Waals surface area (Å²) in [5.41, 5.74) is 4.43. The number of anilines is 1. The topological polar surface area (TPSA) is 95.7 Å². The van der Waals surface area contributed by atoms with Crippen molar-refractivity contribution in [2.75, 3.05) is 18.4 Å². The summed E-state index contributed by atoms with van der Waals surface area (Å²) in [5, 5.41) is 12.6. The van der Waals surface area contributed by atoms with E-state index in [9.17, 15) is 14.7 Å². The minimum absolute atomic E-state index is 0.268. The Labute approximate surface area is 138 Å². The average molecular weight is 343 g/mol. The van der Waals surface area contributed by atoms with Crippen molar-refractivity contribution in [3.63, 3.8) is 0 Å². The lowest BCUT2D eigenvalue weighted by Gasteiger charge is -2.44. The smallest absolute Gasteiger partial charge is 0.256 e. The summed E-state index contributed by atoms with van der Waals surface area (Å²) in [6, 6.07) is 1.68. The van der Waals surface area contributed by atoms with E-state index in [1.807, 2.05) is 0 Å². The third-order valence-electron chi connectivity index (χ3n) is 3.19. The van der Waals surface area contributed by atoms with E-state index in [0.29, 0.717) is 10.4 Å². The lowest BCUT2D eigenvalue weighted by Crippen LogP contribution is -2.48. The number of nitrogens with two attached hydrogens (primary N) is 1. The van der Waals surface area contributed by atoms with E-state index in [0.717, 1.165) is 17.3 Å². The van der Waals surface area contributed by atoms with Gasteiger partial charge >= 0.3 is 0 Å². The molecule has 6 nitrogen and oxygen atoms in total. The van der Waals surface area contributed by atoms with Gasteiger partial charge in [-0.05, 0) is 37.3 Å². The van der Waals surface area contributed by atoms with Crippen LogP contribution >= 0.6 is 23.3 Å². The molecule has 1 aliphatic heterocycles. The van der Waals surface area contributed by atoms with Crippen molar-refractivity contribution in [1.29, 1.82) is 0 Å². The number of aliphatic hydroxyl groups is 1. The van der Waals surface area contributed by atoms with Crippen molar-refractivity contribution in [3.8, 4) is 0 Å². The Morgan fingerprint density at radius 2 is 2.05 bits per heavy atom. The number of thiophene rings is 1. The molecule has 0 aliphatic carbocycles. The number of rotatable bonds is 5. The predicted molar refractivity (Wildman–Crippen MR) is 89.0 cm³/mol. The zero-order valence-electron chi connectivity index (χ0n) is 13.1. The Kier molecular flexibility index (Phi) is 4.59. The van der Waals surface area contributed by atoms with Crippen LogP contribution in [0.5, 0.6) is 0 Å². The van der Waals surface area contributed by atoms with Gasteiger partial charge in [-0.15, -0.1) is 11.3 Å². The second kappa shape index (κ2) is 5.84. The first-order valence-electron chi connectivity index (χ1n) is 6.88. The second-order valence-corrected chi connectivity index (χ2v) is 9.19. The second-order valence-electron chi connectivity index (χ2n) is 6.74. The molecule has 0 radical (unpaired) electrons. The number of hydrogen-bond acceptors (Lipinski definition) is 6. The van der Waals surface area contributed by atoms with Crippen molar-refractivity contribution in [1.82, 2.24) is 4.31 Å². The fourth-order valence-corrected chi connectivity index (χ4v) is 4.81. The van der Waals surface area contributed by atoms with Gasteiger partial charge in [-0.1, -0.05) is 13.8 Å². The lowest BCUT2D eigenvalue weighted by atomic mass is 9.87. The summed E-state index contributed by atoms with van der Waals surface area (Å²) in [6.45, 7) is 9.10. The summed E-state index contributed by atoms with van der Waals surface area (Å²) in [6.07, 6.45) is 0. The van der Waals surface area contributed by atoms with Gasteiger partial charge in [0.25, 0.3) is 11.8 Å². The largest absolute Gasteiger partial charge is 0.381 e. The molecule has 0 atom stereocenters. The van der Waals surface area contributed by atoms with Crippen molar-refractivity contribution >= 4 is 40.1 Å². The summed E-state index contributed by atoms with van der Waals surface area (Å²) < 4.78 is 3.08. The molecule has 22 heavy (non-hydrogen) atoms. The molecule has 1 aliphatic rings. The SMILES string of the molecule is CC1(C)CN(Sc2cc(C(N)=O)c(NC(=O)C(C)(C)O)s2)C1. The Morgan fingerprint density at radius 1 is 1.45 bits per heavy atom. The summed E-state index contributed by atoms with van der Waals surface area (Å²) in [4.78, 5) is 23.4. The van der Waals surface area contributed by atoms with Gasteiger partial charge in [-0.3, -0.25) is 9.59 Å². The van der Waals surface area contributed by atoms with Gasteiger partial charge in [0.1, 0.15) is 10.6 Å². The van der Waals surface area contributed by atoms with Gasteiger partial charge in [0.05, 0.1) is 9.77 Å². The summed E-state index contributed by atoms with van der Waals surface area (Å²) in [5.74, 6) is -1.17. The summed E-state index contributed by atoms with van der Waals surface area (Å²) >= 11 is 2.84. The van der Waals surface area contributed by atoms with Crippen LogP contribution in [0.4, 0.5) is 5.00 Å². The average Bonchev–Trinajstić information content (AvgIpc) is 2.68. The summed E-state index contributed by atoms with van der Waals surface area (Å²) in [7, 11) is 0. The van der Waals surface area contributed by atoms with Crippen LogP contribution in [0.2, 0.25) is 0 Å². The number of carbonyl (C=O) groups excluding carboxylic acids is 2. The third-order valence-corrected chi connectivity index (χ3v) is 5.32. The highest BCUT2D eigenvalue weighted by atomic mass is 32.2. The molecular weight excluding hydrogens is 322 g/mol. The number of nitrogens with zero attached hydrogens (tertiary/aromatic N) is 1. The first kappa shape index (κ1) is 17.3. The highest BCUT2D eigenvalue weighted by Gasteiger charge is 2.35. The van der Waals surface area contributed by atoms with Crippen molar-refractivity contribution in [3.05, 3.63) is 11.6 Å². The molecule has 1 fully saturated rings. The van der Waals surface area contributed by atoms with E-state index < -0.39 is 17.4 Å². The van der Waals surface area contributed by atoms with Crippen LogP contribution in [-0.4, -0.2) is 39.9 Å². The number of amides is 2. The molecule has 8 heteroatoms. The van der Waals surface area contributed by atoms with Gasteiger partial charge in [-0.2, -0.15) is 0 Å². The van der Waals surface area contributed by atoms with Gasteiger partial charge in [-0.25, -0.2) is 4.31 Å². The number of hydrogen-bond donors (Lipinski definition) is 3. The van der Waals surface area contributed by atoms with Crippen LogP contribution in [0.25, 0.3) is 0 Å². The van der Waals surface area contributed by atoms with E-state index in [-0.39, 0.29) is 5.56 Å². The van der Waals surface area contributed by atoms with E-state index in [1.54, 1.807) is 18.0 Å². The molecule has 1 aromatic heterocycles. The van der Waals surface area contributed by atoms with Crippen LogP contribution in [0.3, 0.4) is 0 Å². The standard InChI is InChI=1S/C14H21N3O3S2/c1-13(2)6-17(7-13)22-9-5-8(10(15)18)11(21-9)16-12(19)14(3,4)20/h5,20H,6-7H2,1-4H3,(H2,15,18)(H,16,19). The van der Waals surface area contributed by atoms with Crippen molar-refractivity contribution < 1.29 is 14.7 Å². The minimum Gasteiger partial charge on any atom is -0.381 e. The molecule has 0 spiro atoms. The zero-order valence-corrected chi connectivity index (χ0v) is 14.7. The number of nitrogens with one attached hydrogen (secondary N) is 1. The van der Waals surface area contributed by atoms with Crippen molar-refractivity contribution in [2.24, 2.45) is 11.1 Å². The van der Waals surface area contributed by atoms with Gasteiger partial charge < -0.3 is 16.2 Å². The maximum absolute atomic E-state index is 11.9. The first-order valence-corrected chi connectivity index (χ1v) is 8.47. The molecule has 2 heterocycles. The third kappa shape index (κ3) is 4.01. The first-order chi connectivity index (χ1) is 9.98. The maximum Gasteiger partial charge on any atom is 0.256 e. The molecule has 0 bridgehead atoms. The van der Waals surface area contributed by atoms with E-state index in [1.165, 1.54) is 25.2 Å². The normalized spacial score (nSPS) is 17.9. The Hall–Kier alpha value is -1.09. The van der Waals surface area contributed by atoms with Gasteiger partial charge in [0, 0.05) is 13.1 Å². The van der Waals surface area contributed by atoms with Crippen molar-refractivity contribution in [2.45, 2.75) is 37.5 Å². The molecule has 4 N–H and O–H groups in total. The highest BCUT2D eigenvalue weighted by molar-refractivity contribution is 7.99. The maximum atomic E-state index is 11.9. The molecule has 0 saturated carbocycles. The van der Waals surface area contributed by atoms with Gasteiger partial charge in [0.2, 0.25) is 0 Å². The lowest BCUT2D eigenvalue weighted by molar-refractivity contribution is -0.130. The Morgan fingerprint density at radius 3 is 2.50 bits per heavy atom. The fraction of sp³-hybridized carbons (Fsp3) is 0.571. The molecule has 2 rings (SSSR count). The molecule has 122 valence electrons. The van der Waals surface area contributed by atoms with E-state index in [4.69, 9.17) is 5.73 Å². The molecule has 0 unspecified atom stereocenters. The highest BCUT2D eigenvalue weighted by Crippen LogP contribution is 2.42. The molecular formula is C14H21N3O3S2. The number of primary amides is 1. The molecule has 1 saturated heterocycles. The minimum atomic E-state index is -1.52. The zero-order chi connectivity index (χ0) is 16.7. The quantitative estimate of drug-likeness (QED) is 0.710. The molecule has 0 aromatic carbocycles. The van der Waals surface area contributed by atoms with E-state index in [2.05, 4.69) is 23.5 Å². The monoisotopic (exact) mass is 343 g/mol. The van der Waals surface area contributed by atoms with Crippen LogP contribution < -0.4 is 11.1 Å². The molecule has 2 amide bonds.